The molecule has 0 spiro atoms. The van der Waals surface area contributed by atoms with Crippen molar-refractivity contribution in [1.82, 2.24) is 9.55 Å². The van der Waals surface area contributed by atoms with Gasteiger partial charge in [0, 0.05) is 28.2 Å². The summed E-state index contributed by atoms with van der Waals surface area (Å²) in [5.74, 6) is 0.135. The van der Waals surface area contributed by atoms with Crippen molar-refractivity contribution in [3.05, 3.63) is 64.0 Å². The monoisotopic (exact) mass is 376 g/mol. The minimum atomic E-state index is 0.135. The van der Waals surface area contributed by atoms with Gasteiger partial charge in [-0.05, 0) is 42.7 Å². The summed E-state index contributed by atoms with van der Waals surface area (Å²) in [6, 6.07) is 14.4. The highest BCUT2D eigenvalue weighted by molar-refractivity contribution is 6.10. The summed E-state index contributed by atoms with van der Waals surface area (Å²) in [7, 11) is 0. The van der Waals surface area contributed by atoms with Crippen molar-refractivity contribution in [1.29, 1.82) is 15.8 Å². The van der Waals surface area contributed by atoms with Crippen molar-refractivity contribution in [2.75, 3.05) is 5.73 Å². The Morgan fingerprint density at radius 3 is 2.59 bits per heavy atom. The first-order chi connectivity index (χ1) is 14.0. The van der Waals surface area contributed by atoms with E-state index in [2.05, 4.69) is 23.2 Å². The van der Waals surface area contributed by atoms with E-state index in [9.17, 15) is 10.5 Å². The second-order valence-electron chi connectivity index (χ2n) is 6.89. The van der Waals surface area contributed by atoms with E-state index in [1.165, 1.54) is 0 Å². The molecule has 2 N–H and O–H groups in total. The first kappa shape index (κ1) is 18.0. The Balaban J connectivity index is 2.04. The summed E-state index contributed by atoms with van der Waals surface area (Å²) in [6.07, 6.45) is 3.93. The predicted octanol–water partition coefficient (Wildman–Crippen LogP) is 4.17. The Hall–Kier alpha value is -4.34. The number of nitriles is 3. The Morgan fingerprint density at radius 2 is 1.90 bits per heavy atom. The molecule has 0 saturated carbocycles. The fourth-order valence-electron chi connectivity index (χ4n) is 3.95. The first-order valence-electron chi connectivity index (χ1n) is 9.00. The Labute approximate surface area is 168 Å². The molecule has 0 bridgehead atoms. The number of pyridine rings is 1. The molecule has 6 nitrogen and oxygen atoms in total. The number of aromatic nitrogens is 2. The minimum Gasteiger partial charge on any atom is -0.383 e. The number of nitrogen functional groups attached to an aromatic ring is 1. The number of hydrogen-bond donors (Lipinski definition) is 1. The number of fused-ring (bicyclic) bond motifs is 2. The second kappa shape index (κ2) is 6.68. The highest BCUT2D eigenvalue weighted by Gasteiger charge is 2.29. The molecule has 0 atom stereocenters. The van der Waals surface area contributed by atoms with E-state index in [1.807, 2.05) is 55.0 Å². The van der Waals surface area contributed by atoms with Crippen LogP contribution in [0.2, 0.25) is 0 Å². The van der Waals surface area contributed by atoms with Gasteiger partial charge in [-0.1, -0.05) is 18.2 Å². The lowest BCUT2D eigenvalue weighted by Gasteiger charge is -2.10. The van der Waals surface area contributed by atoms with Gasteiger partial charge in [0.15, 0.2) is 0 Å². The van der Waals surface area contributed by atoms with Crippen LogP contribution in [0.1, 0.15) is 34.9 Å². The van der Waals surface area contributed by atoms with Gasteiger partial charge in [0.25, 0.3) is 0 Å². The molecular formula is C23H16N6. The summed E-state index contributed by atoms with van der Waals surface area (Å²) in [5.41, 5.74) is 12.3. The van der Waals surface area contributed by atoms with E-state index in [4.69, 9.17) is 11.0 Å². The molecule has 138 valence electrons. The smallest absolute Gasteiger partial charge is 0.142 e. The molecule has 29 heavy (non-hydrogen) atoms. The molecule has 2 heterocycles. The fourth-order valence-corrected chi connectivity index (χ4v) is 3.95. The third-order valence-corrected chi connectivity index (χ3v) is 5.34. The van der Waals surface area contributed by atoms with E-state index < -0.39 is 0 Å². The number of para-hydroxylation sites is 1. The molecule has 0 fully saturated rings. The predicted molar refractivity (Wildman–Crippen MR) is 112 cm³/mol. The van der Waals surface area contributed by atoms with Crippen LogP contribution in [0.3, 0.4) is 0 Å². The van der Waals surface area contributed by atoms with Gasteiger partial charge in [-0.15, -0.1) is 0 Å². The van der Waals surface area contributed by atoms with E-state index >= 15 is 0 Å². The number of allylic oxidation sites excluding steroid dienone is 3. The first-order valence-corrected chi connectivity index (χ1v) is 9.00. The van der Waals surface area contributed by atoms with Gasteiger partial charge in [0.2, 0.25) is 0 Å². The standard InChI is InChI=1S/C23H16N6/c1-13-17(9-15-12-29(8-7-24)20-6-4-3-5-16(15)20)21-14(2)19(11-26)23(27)28-22(21)18(13)10-25/h3-6,9,12H,8H2,1-2H3,(H2,27,28)/b17-9-. The van der Waals surface area contributed by atoms with Crippen LogP contribution in [0.15, 0.2) is 36.0 Å². The lowest BCUT2D eigenvalue weighted by molar-refractivity contribution is 0.873. The van der Waals surface area contributed by atoms with E-state index in [0.29, 0.717) is 22.4 Å². The highest BCUT2D eigenvalue weighted by Crippen LogP contribution is 2.44. The van der Waals surface area contributed by atoms with E-state index in [-0.39, 0.29) is 12.4 Å². The number of nitrogens with two attached hydrogens (primary N) is 1. The van der Waals surface area contributed by atoms with Crippen LogP contribution in [0, 0.1) is 40.9 Å². The zero-order valence-corrected chi connectivity index (χ0v) is 16.0. The number of benzene rings is 1. The Kier molecular flexibility index (Phi) is 4.15. The molecule has 0 saturated heterocycles. The van der Waals surface area contributed by atoms with Crippen molar-refractivity contribution < 1.29 is 0 Å². The number of nitrogens with zero attached hydrogens (tertiary/aromatic N) is 5. The molecule has 0 aliphatic heterocycles. The van der Waals surface area contributed by atoms with Crippen LogP contribution < -0.4 is 5.73 Å². The molecular weight excluding hydrogens is 360 g/mol. The third-order valence-electron chi connectivity index (χ3n) is 5.34. The maximum atomic E-state index is 9.70. The summed E-state index contributed by atoms with van der Waals surface area (Å²) >= 11 is 0. The van der Waals surface area contributed by atoms with Crippen molar-refractivity contribution >= 4 is 33.9 Å². The maximum Gasteiger partial charge on any atom is 0.142 e. The maximum absolute atomic E-state index is 9.70. The van der Waals surface area contributed by atoms with Crippen molar-refractivity contribution in [3.63, 3.8) is 0 Å². The highest BCUT2D eigenvalue weighted by atomic mass is 15.0. The molecule has 6 heteroatoms. The molecule has 4 rings (SSSR count). The molecule has 1 aliphatic rings. The molecule has 0 unspecified atom stereocenters. The Bertz CT molecular complexity index is 1380. The second-order valence-corrected chi connectivity index (χ2v) is 6.89. The fraction of sp³-hybridized carbons (Fsp3) is 0.130. The molecule has 1 aliphatic carbocycles. The molecule has 2 aromatic heterocycles. The summed E-state index contributed by atoms with van der Waals surface area (Å²) in [5, 5.41) is 29.4. The van der Waals surface area contributed by atoms with Crippen molar-refractivity contribution in [2.45, 2.75) is 20.4 Å². The normalized spacial score (nSPS) is 14.0. The SMILES string of the molecule is CC1=C(C#N)c2nc(N)c(C#N)c(C)c2/C1=C\c1cn(CC#N)c2ccccc12. The molecule has 0 amide bonds. The summed E-state index contributed by atoms with van der Waals surface area (Å²) < 4.78 is 1.90. The van der Waals surface area contributed by atoms with Gasteiger partial charge < -0.3 is 10.3 Å². The minimum absolute atomic E-state index is 0.135. The van der Waals surface area contributed by atoms with Gasteiger partial charge in [-0.2, -0.15) is 15.8 Å². The van der Waals surface area contributed by atoms with E-state index in [1.54, 1.807) is 0 Å². The average molecular weight is 376 g/mol. The zero-order valence-electron chi connectivity index (χ0n) is 16.0. The van der Waals surface area contributed by atoms with Crippen molar-refractivity contribution in [3.8, 4) is 18.2 Å². The molecule has 0 radical (unpaired) electrons. The molecule has 3 aromatic rings. The van der Waals surface area contributed by atoms with Crippen LogP contribution in [-0.2, 0) is 6.54 Å². The lowest BCUT2D eigenvalue weighted by atomic mass is 9.95. The van der Waals surface area contributed by atoms with Crippen LogP contribution >= 0.6 is 0 Å². The van der Waals surface area contributed by atoms with Gasteiger partial charge >= 0.3 is 0 Å². The summed E-state index contributed by atoms with van der Waals surface area (Å²) in [6.45, 7) is 3.95. The van der Waals surface area contributed by atoms with Crippen LogP contribution in [0.5, 0.6) is 0 Å². The zero-order chi connectivity index (χ0) is 20.7. The number of rotatable bonds is 2. The van der Waals surface area contributed by atoms with Crippen LogP contribution in [-0.4, -0.2) is 9.55 Å². The molecule has 1 aromatic carbocycles. The van der Waals surface area contributed by atoms with E-state index in [0.717, 1.165) is 33.2 Å². The quantitative estimate of drug-likeness (QED) is 0.720. The summed E-state index contributed by atoms with van der Waals surface area (Å²) in [4.78, 5) is 4.36. The number of hydrogen-bond acceptors (Lipinski definition) is 5. The van der Waals surface area contributed by atoms with Gasteiger partial charge in [-0.3, -0.25) is 0 Å². The van der Waals surface area contributed by atoms with Gasteiger partial charge in [0.1, 0.15) is 24.5 Å². The third kappa shape index (κ3) is 2.57. The van der Waals surface area contributed by atoms with Crippen LogP contribution in [0.25, 0.3) is 28.1 Å². The van der Waals surface area contributed by atoms with Gasteiger partial charge in [-0.25, -0.2) is 4.98 Å². The van der Waals surface area contributed by atoms with Gasteiger partial charge in [0.05, 0.1) is 22.9 Å². The lowest BCUT2D eigenvalue weighted by Crippen LogP contribution is -2.03. The van der Waals surface area contributed by atoms with Crippen molar-refractivity contribution in [2.24, 2.45) is 0 Å². The topological polar surface area (TPSA) is 115 Å². The Morgan fingerprint density at radius 1 is 1.14 bits per heavy atom. The number of anilines is 1. The average Bonchev–Trinajstić information content (AvgIpc) is 3.18. The van der Waals surface area contributed by atoms with Crippen LogP contribution in [0.4, 0.5) is 5.82 Å². The largest absolute Gasteiger partial charge is 0.383 e.